The van der Waals surface area contributed by atoms with Crippen LogP contribution in [0.4, 0.5) is 13.2 Å². The van der Waals surface area contributed by atoms with E-state index in [1.165, 1.54) is 16.8 Å². The SMILES string of the molecule is O=c1[nH]c2cc(C(F)(F)F)ccc2n1-c1ccccn1. The minimum absolute atomic E-state index is 0.121. The second-order valence-electron chi connectivity index (χ2n) is 4.18. The molecule has 4 nitrogen and oxygen atoms in total. The lowest BCUT2D eigenvalue weighted by atomic mass is 10.2. The fourth-order valence-electron chi connectivity index (χ4n) is 2.00. The van der Waals surface area contributed by atoms with Gasteiger partial charge in [0, 0.05) is 6.20 Å². The second-order valence-corrected chi connectivity index (χ2v) is 4.18. The Balaban J connectivity index is 2.26. The fraction of sp³-hybridized carbons (Fsp3) is 0.0769. The monoisotopic (exact) mass is 279 g/mol. The molecule has 2 heterocycles. The molecule has 0 spiro atoms. The number of H-pyrrole nitrogens is 1. The largest absolute Gasteiger partial charge is 0.416 e. The smallest absolute Gasteiger partial charge is 0.305 e. The van der Waals surface area contributed by atoms with E-state index in [2.05, 4.69) is 9.97 Å². The Labute approximate surface area is 110 Å². The normalized spacial score (nSPS) is 11.9. The van der Waals surface area contributed by atoms with Crippen LogP contribution in [-0.4, -0.2) is 14.5 Å². The number of pyridine rings is 1. The molecule has 1 aromatic carbocycles. The summed E-state index contributed by atoms with van der Waals surface area (Å²) in [6.45, 7) is 0. The highest BCUT2D eigenvalue weighted by molar-refractivity contribution is 5.77. The lowest BCUT2D eigenvalue weighted by Crippen LogP contribution is -2.15. The second kappa shape index (κ2) is 4.22. The van der Waals surface area contributed by atoms with Crippen LogP contribution in [0.25, 0.3) is 16.9 Å². The minimum atomic E-state index is -4.45. The Bertz CT molecular complexity index is 818. The predicted molar refractivity (Wildman–Crippen MR) is 66.7 cm³/mol. The molecule has 0 atom stereocenters. The molecular formula is C13H8F3N3O. The highest BCUT2D eigenvalue weighted by Crippen LogP contribution is 2.30. The number of hydrogen-bond donors (Lipinski definition) is 1. The summed E-state index contributed by atoms with van der Waals surface area (Å²) in [4.78, 5) is 18.3. The molecule has 0 aliphatic carbocycles. The molecule has 0 fully saturated rings. The van der Waals surface area contributed by atoms with E-state index in [0.29, 0.717) is 11.3 Å². The van der Waals surface area contributed by atoms with Gasteiger partial charge in [-0.1, -0.05) is 6.07 Å². The predicted octanol–water partition coefficient (Wildman–Crippen LogP) is 2.73. The number of hydrogen-bond acceptors (Lipinski definition) is 2. The Morgan fingerprint density at radius 1 is 1.15 bits per heavy atom. The Hall–Kier alpha value is -2.57. The summed E-state index contributed by atoms with van der Waals surface area (Å²) in [7, 11) is 0. The average molecular weight is 279 g/mol. The Morgan fingerprint density at radius 3 is 2.60 bits per heavy atom. The van der Waals surface area contributed by atoms with Gasteiger partial charge in [0.15, 0.2) is 0 Å². The molecule has 0 saturated carbocycles. The van der Waals surface area contributed by atoms with Gasteiger partial charge in [0.1, 0.15) is 5.82 Å². The fourth-order valence-corrected chi connectivity index (χ4v) is 2.00. The molecule has 20 heavy (non-hydrogen) atoms. The van der Waals surface area contributed by atoms with Gasteiger partial charge in [-0.05, 0) is 30.3 Å². The summed E-state index contributed by atoms with van der Waals surface area (Å²) in [6.07, 6.45) is -2.94. The third-order valence-electron chi connectivity index (χ3n) is 2.89. The lowest BCUT2D eigenvalue weighted by Gasteiger charge is -2.06. The molecule has 0 radical (unpaired) electrons. The van der Waals surface area contributed by atoms with E-state index in [4.69, 9.17) is 0 Å². The van der Waals surface area contributed by atoms with Gasteiger partial charge in [-0.3, -0.25) is 0 Å². The van der Waals surface area contributed by atoms with Crippen molar-refractivity contribution >= 4 is 11.0 Å². The van der Waals surface area contributed by atoms with E-state index >= 15 is 0 Å². The van der Waals surface area contributed by atoms with Crippen LogP contribution in [0.2, 0.25) is 0 Å². The maximum Gasteiger partial charge on any atom is 0.416 e. The number of rotatable bonds is 1. The molecule has 0 aliphatic heterocycles. The van der Waals surface area contributed by atoms with Crippen LogP contribution in [0.3, 0.4) is 0 Å². The number of alkyl halides is 3. The summed E-state index contributed by atoms with van der Waals surface area (Å²) in [5.41, 5.74) is -0.866. The zero-order chi connectivity index (χ0) is 14.3. The zero-order valence-electron chi connectivity index (χ0n) is 9.98. The van der Waals surface area contributed by atoms with Gasteiger partial charge >= 0.3 is 11.9 Å². The maximum atomic E-state index is 12.6. The van der Waals surface area contributed by atoms with Crippen molar-refractivity contribution in [3.8, 4) is 5.82 Å². The van der Waals surface area contributed by atoms with Gasteiger partial charge < -0.3 is 4.98 Å². The van der Waals surface area contributed by atoms with E-state index in [1.54, 1.807) is 18.2 Å². The van der Waals surface area contributed by atoms with Gasteiger partial charge in [0.05, 0.1) is 16.6 Å². The molecule has 0 unspecified atom stereocenters. The van der Waals surface area contributed by atoms with Crippen molar-refractivity contribution in [2.75, 3.05) is 0 Å². The first-order valence-corrected chi connectivity index (χ1v) is 5.70. The molecule has 3 rings (SSSR count). The van der Waals surface area contributed by atoms with Crippen LogP contribution in [0, 0.1) is 0 Å². The number of imidazole rings is 1. The van der Waals surface area contributed by atoms with Gasteiger partial charge in [-0.25, -0.2) is 14.3 Å². The van der Waals surface area contributed by atoms with E-state index in [9.17, 15) is 18.0 Å². The first kappa shape index (κ1) is 12.5. The van der Waals surface area contributed by atoms with E-state index in [0.717, 1.165) is 12.1 Å². The molecule has 2 aromatic heterocycles. The van der Waals surface area contributed by atoms with Gasteiger partial charge in [-0.2, -0.15) is 13.2 Å². The van der Waals surface area contributed by atoms with Crippen LogP contribution in [0.5, 0.6) is 0 Å². The molecule has 1 N–H and O–H groups in total. The summed E-state index contributed by atoms with van der Waals surface area (Å²) in [6, 6.07) is 8.09. The molecular weight excluding hydrogens is 271 g/mol. The van der Waals surface area contributed by atoms with E-state index in [1.807, 2.05) is 0 Å². The lowest BCUT2D eigenvalue weighted by molar-refractivity contribution is -0.137. The maximum absolute atomic E-state index is 12.6. The third-order valence-corrected chi connectivity index (χ3v) is 2.89. The van der Waals surface area contributed by atoms with Crippen molar-refractivity contribution in [2.24, 2.45) is 0 Å². The van der Waals surface area contributed by atoms with Crippen LogP contribution < -0.4 is 5.69 Å². The minimum Gasteiger partial charge on any atom is -0.305 e. The third kappa shape index (κ3) is 1.97. The number of aromatic amines is 1. The van der Waals surface area contributed by atoms with Gasteiger partial charge in [0.25, 0.3) is 0 Å². The number of aromatic nitrogens is 3. The van der Waals surface area contributed by atoms with Crippen molar-refractivity contribution in [1.29, 1.82) is 0 Å². The number of fused-ring (bicyclic) bond motifs is 1. The summed E-state index contributed by atoms with van der Waals surface area (Å²) < 4.78 is 39.1. The van der Waals surface area contributed by atoms with Crippen LogP contribution in [0.15, 0.2) is 47.4 Å². The molecule has 0 amide bonds. The molecule has 0 saturated heterocycles. The van der Waals surface area contributed by atoms with E-state index < -0.39 is 17.4 Å². The first-order chi connectivity index (χ1) is 9.47. The van der Waals surface area contributed by atoms with Crippen molar-refractivity contribution < 1.29 is 13.2 Å². The Morgan fingerprint density at radius 2 is 1.95 bits per heavy atom. The number of halogens is 3. The number of nitrogens with one attached hydrogen (secondary N) is 1. The quantitative estimate of drug-likeness (QED) is 0.744. The molecule has 3 aromatic rings. The summed E-state index contributed by atoms with van der Waals surface area (Å²) >= 11 is 0. The zero-order valence-corrected chi connectivity index (χ0v) is 9.98. The summed E-state index contributed by atoms with van der Waals surface area (Å²) in [5.74, 6) is 0.350. The number of nitrogens with zero attached hydrogens (tertiary/aromatic N) is 2. The standard InChI is InChI=1S/C13H8F3N3O/c14-13(15,16)8-4-5-10-9(7-8)18-12(20)19(10)11-3-1-2-6-17-11/h1-7H,(H,18,20). The molecule has 0 aliphatic rings. The molecule has 7 heteroatoms. The van der Waals surface area contributed by atoms with Crippen molar-refractivity contribution in [3.63, 3.8) is 0 Å². The van der Waals surface area contributed by atoms with E-state index in [-0.39, 0.29) is 5.52 Å². The Kier molecular flexibility index (Phi) is 2.63. The van der Waals surface area contributed by atoms with Crippen LogP contribution in [-0.2, 0) is 6.18 Å². The topological polar surface area (TPSA) is 50.7 Å². The van der Waals surface area contributed by atoms with Crippen LogP contribution in [0.1, 0.15) is 5.56 Å². The highest BCUT2D eigenvalue weighted by Gasteiger charge is 2.31. The van der Waals surface area contributed by atoms with Crippen LogP contribution >= 0.6 is 0 Å². The van der Waals surface area contributed by atoms with Gasteiger partial charge in [-0.15, -0.1) is 0 Å². The van der Waals surface area contributed by atoms with Gasteiger partial charge in [0.2, 0.25) is 0 Å². The number of benzene rings is 1. The van der Waals surface area contributed by atoms with Crippen molar-refractivity contribution in [3.05, 3.63) is 58.6 Å². The first-order valence-electron chi connectivity index (χ1n) is 5.70. The summed E-state index contributed by atoms with van der Waals surface area (Å²) in [5, 5.41) is 0. The average Bonchev–Trinajstić information content (AvgIpc) is 2.73. The molecule has 102 valence electrons. The van der Waals surface area contributed by atoms with Crippen molar-refractivity contribution in [2.45, 2.75) is 6.18 Å². The molecule has 0 bridgehead atoms. The highest BCUT2D eigenvalue weighted by atomic mass is 19.4. The van der Waals surface area contributed by atoms with Crippen molar-refractivity contribution in [1.82, 2.24) is 14.5 Å².